The number of rotatable bonds is 3. The Balaban J connectivity index is 1.78. The molecule has 24 heavy (non-hydrogen) atoms. The molecule has 0 saturated carbocycles. The second kappa shape index (κ2) is 5.56. The molecular weight excluding hydrogens is 324 g/mol. The van der Waals surface area contributed by atoms with Gasteiger partial charge in [0.05, 0.1) is 15.8 Å². The number of nitrogens with zero attached hydrogens (tertiary/aromatic N) is 2. The van der Waals surface area contributed by atoms with Crippen LogP contribution in [0.5, 0.6) is 11.6 Å². The van der Waals surface area contributed by atoms with Crippen molar-refractivity contribution in [2.75, 3.05) is 6.26 Å². The van der Waals surface area contributed by atoms with Crippen LogP contribution in [0.25, 0.3) is 10.9 Å². The lowest BCUT2D eigenvalue weighted by Gasteiger charge is -2.09. The molecule has 0 fully saturated rings. The maximum Gasteiger partial charge on any atom is 0.230 e. The van der Waals surface area contributed by atoms with Crippen molar-refractivity contribution in [1.29, 1.82) is 0 Å². The van der Waals surface area contributed by atoms with E-state index in [1.165, 1.54) is 30.1 Å². The average Bonchev–Trinajstić information content (AvgIpc) is 3.01. The van der Waals surface area contributed by atoms with Crippen LogP contribution in [0.15, 0.2) is 47.6 Å². The van der Waals surface area contributed by atoms with Crippen LogP contribution in [0.4, 0.5) is 0 Å². The SMILES string of the molecule is CS(=O)(=O)c1ccc2ncnc(Oc3ccc4c(c3)CCC4)c2c1. The highest BCUT2D eigenvalue weighted by atomic mass is 32.2. The minimum Gasteiger partial charge on any atom is -0.438 e. The van der Waals surface area contributed by atoms with Gasteiger partial charge >= 0.3 is 0 Å². The van der Waals surface area contributed by atoms with Gasteiger partial charge in [0.25, 0.3) is 0 Å². The smallest absolute Gasteiger partial charge is 0.230 e. The number of aromatic nitrogens is 2. The van der Waals surface area contributed by atoms with E-state index >= 15 is 0 Å². The van der Waals surface area contributed by atoms with Gasteiger partial charge in [-0.1, -0.05) is 6.07 Å². The third kappa shape index (κ3) is 2.73. The van der Waals surface area contributed by atoms with Crippen molar-refractivity contribution in [2.24, 2.45) is 0 Å². The van der Waals surface area contributed by atoms with Gasteiger partial charge in [0.2, 0.25) is 5.88 Å². The maximum absolute atomic E-state index is 11.8. The highest BCUT2D eigenvalue weighted by molar-refractivity contribution is 7.90. The summed E-state index contributed by atoms with van der Waals surface area (Å²) >= 11 is 0. The van der Waals surface area contributed by atoms with Crippen LogP contribution in [0.2, 0.25) is 0 Å². The van der Waals surface area contributed by atoms with Gasteiger partial charge in [0, 0.05) is 6.26 Å². The van der Waals surface area contributed by atoms with E-state index in [0.29, 0.717) is 22.5 Å². The summed E-state index contributed by atoms with van der Waals surface area (Å²) in [5.74, 6) is 1.07. The molecule has 5 nitrogen and oxygen atoms in total. The largest absolute Gasteiger partial charge is 0.438 e. The standard InChI is InChI=1S/C18H16N2O3S/c1-24(21,22)15-7-8-17-16(10-15)18(20-11-19-17)23-14-6-5-12-3-2-4-13(12)9-14/h5-11H,2-4H2,1H3. The van der Waals surface area contributed by atoms with E-state index in [1.54, 1.807) is 18.2 Å². The summed E-state index contributed by atoms with van der Waals surface area (Å²) < 4.78 is 29.5. The van der Waals surface area contributed by atoms with Crippen LogP contribution in [-0.2, 0) is 22.7 Å². The fraction of sp³-hybridized carbons (Fsp3) is 0.222. The van der Waals surface area contributed by atoms with E-state index in [4.69, 9.17) is 4.74 Å². The highest BCUT2D eigenvalue weighted by Gasteiger charge is 2.14. The number of fused-ring (bicyclic) bond motifs is 2. The summed E-state index contributed by atoms with van der Waals surface area (Å²) in [6.45, 7) is 0. The van der Waals surface area contributed by atoms with Crippen LogP contribution in [-0.4, -0.2) is 24.6 Å². The molecule has 0 radical (unpaired) electrons. The van der Waals surface area contributed by atoms with Gasteiger partial charge in [0.15, 0.2) is 9.84 Å². The molecule has 0 aliphatic heterocycles. The summed E-state index contributed by atoms with van der Waals surface area (Å²) in [7, 11) is -3.30. The second-order valence-electron chi connectivity index (χ2n) is 6.02. The third-order valence-electron chi connectivity index (χ3n) is 4.28. The summed E-state index contributed by atoms with van der Waals surface area (Å²) in [6.07, 6.45) is 5.95. The lowest BCUT2D eigenvalue weighted by molar-refractivity contribution is 0.467. The summed E-state index contributed by atoms with van der Waals surface area (Å²) in [6, 6.07) is 10.8. The highest BCUT2D eigenvalue weighted by Crippen LogP contribution is 2.31. The zero-order valence-corrected chi connectivity index (χ0v) is 14.0. The second-order valence-corrected chi connectivity index (χ2v) is 8.03. The van der Waals surface area contributed by atoms with E-state index < -0.39 is 9.84 Å². The Hall–Kier alpha value is -2.47. The minimum absolute atomic E-state index is 0.226. The Morgan fingerprint density at radius 1 is 1.00 bits per heavy atom. The van der Waals surface area contributed by atoms with Gasteiger partial charge in [-0.25, -0.2) is 18.4 Å². The van der Waals surface area contributed by atoms with E-state index in [2.05, 4.69) is 16.0 Å². The summed E-state index contributed by atoms with van der Waals surface area (Å²) in [4.78, 5) is 8.59. The van der Waals surface area contributed by atoms with Crippen molar-refractivity contribution in [1.82, 2.24) is 9.97 Å². The quantitative estimate of drug-likeness (QED) is 0.731. The molecule has 0 amide bonds. The first-order valence-corrected chi connectivity index (χ1v) is 9.64. The van der Waals surface area contributed by atoms with Crippen LogP contribution in [0.1, 0.15) is 17.5 Å². The number of aryl methyl sites for hydroxylation is 2. The van der Waals surface area contributed by atoms with Crippen molar-refractivity contribution >= 4 is 20.7 Å². The van der Waals surface area contributed by atoms with Crippen LogP contribution < -0.4 is 4.74 Å². The van der Waals surface area contributed by atoms with Gasteiger partial charge < -0.3 is 4.74 Å². The molecule has 1 heterocycles. The molecule has 0 atom stereocenters. The molecule has 1 aliphatic rings. The molecule has 1 aromatic heterocycles. The number of sulfone groups is 1. The monoisotopic (exact) mass is 340 g/mol. The first kappa shape index (κ1) is 15.1. The van der Waals surface area contributed by atoms with Gasteiger partial charge in [-0.3, -0.25) is 0 Å². The number of hydrogen-bond donors (Lipinski definition) is 0. The van der Waals surface area contributed by atoms with E-state index in [0.717, 1.165) is 12.8 Å². The zero-order valence-electron chi connectivity index (χ0n) is 13.2. The molecule has 0 saturated heterocycles. The summed E-state index contributed by atoms with van der Waals surface area (Å²) in [5, 5.41) is 0.584. The van der Waals surface area contributed by atoms with Gasteiger partial charge in [-0.2, -0.15) is 0 Å². The lowest BCUT2D eigenvalue weighted by atomic mass is 10.1. The van der Waals surface area contributed by atoms with Crippen molar-refractivity contribution in [3.63, 3.8) is 0 Å². The summed E-state index contributed by atoms with van der Waals surface area (Å²) in [5.41, 5.74) is 3.32. The van der Waals surface area contributed by atoms with Crippen molar-refractivity contribution in [3.05, 3.63) is 53.9 Å². The lowest BCUT2D eigenvalue weighted by Crippen LogP contribution is -1.98. The Bertz CT molecular complexity index is 1050. The molecule has 1 aliphatic carbocycles. The first-order valence-electron chi connectivity index (χ1n) is 7.75. The van der Waals surface area contributed by atoms with Crippen LogP contribution >= 0.6 is 0 Å². The molecule has 0 spiro atoms. The Morgan fingerprint density at radius 2 is 1.83 bits per heavy atom. The van der Waals surface area contributed by atoms with E-state index in [9.17, 15) is 8.42 Å². The molecule has 6 heteroatoms. The molecule has 3 aromatic rings. The Kier molecular flexibility index (Phi) is 3.49. The topological polar surface area (TPSA) is 69.2 Å². The first-order chi connectivity index (χ1) is 11.5. The molecule has 122 valence electrons. The molecule has 0 bridgehead atoms. The number of ether oxygens (including phenoxy) is 1. The fourth-order valence-corrected chi connectivity index (χ4v) is 3.69. The number of hydrogen-bond acceptors (Lipinski definition) is 5. The van der Waals surface area contributed by atoms with Crippen molar-refractivity contribution in [3.8, 4) is 11.6 Å². The van der Waals surface area contributed by atoms with E-state index in [1.807, 2.05) is 12.1 Å². The predicted molar refractivity (Wildman–Crippen MR) is 91.2 cm³/mol. The van der Waals surface area contributed by atoms with Gasteiger partial charge in [0.1, 0.15) is 12.1 Å². The molecular formula is C18H16N2O3S. The Morgan fingerprint density at radius 3 is 2.67 bits per heavy atom. The maximum atomic E-state index is 11.8. The van der Waals surface area contributed by atoms with E-state index in [-0.39, 0.29) is 4.90 Å². The molecule has 0 N–H and O–H groups in total. The van der Waals surface area contributed by atoms with Crippen LogP contribution in [0.3, 0.4) is 0 Å². The average molecular weight is 340 g/mol. The van der Waals surface area contributed by atoms with Crippen molar-refractivity contribution in [2.45, 2.75) is 24.2 Å². The number of benzene rings is 2. The van der Waals surface area contributed by atoms with Gasteiger partial charge in [-0.15, -0.1) is 0 Å². The Labute approximate surface area is 140 Å². The normalized spacial score (nSPS) is 13.9. The zero-order chi connectivity index (χ0) is 16.7. The molecule has 2 aromatic carbocycles. The van der Waals surface area contributed by atoms with Crippen molar-refractivity contribution < 1.29 is 13.2 Å². The van der Waals surface area contributed by atoms with Crippen LogP contribution in [0, 0.1) is 0 Å². The van der Waals surface area contributed by atoms with Gasteiger partial charge in [-0.05, 0) is 60.7 Å². The minimum atomic E-state index is -3.30. The predicted octanol–water partition coefficient (Wildman–Crippen LogP) is 3.31. The fourth-order valence-electron chi connectivity index (χ4n) is 3.05. The molecule has 4 rings (SSSR count). The molecule has 0 unspecified atom stereocenters. The third-order valence-corrected chi connectivity index (χ3v) is 5.39.